The van der Waals surface area contributed by atoms with Crippen molar-refractivity contribution < 1.29 is 14.3 Å². The molecule has 1 fully saturated rings. The highest BCUT2D eigenvalue weighted by molar-refractivity contribution is 5.85. The standard InChI is InChI=1S/C11H20N2O3/c1-2-16-10(14)8-13-11(15)9-6-4-3-5-7-12-9/h9,12H,2-8H2,1H3,(H,13,15). The van der Waals surface area contributed by atoms with Crippen molar-refractivity contribution in [1.29, 1.82) is 0 Å². The Labute approximate surface area is 95.9 Å². The number of hydrogen-bond acceptors (Lipinski definition) is 4. The molecule has 0 aliphatic carbocycles. The Morgan fingerprint density at radius 1 is 1.38 bits per heavy atom. The lowest BCUT2D eigenvalue weighted by atomic mass is 10.1. The van der Waals surface area contributed by atoms with E-state index in [9.17, 15) is 9.59 Å². The number of carbonyl (C=O) groups excluding carboxylic acids is 2. The minimum Gasteiger partial charge on any atom is -0.465 e. The molecule has 0 bridgehead atoms. The molecule has 1 amide bonds. The smallest absolute Gasteiger partial charge is 0.325 e. The Kier molecular flexibility index (Phi) is 5.85. The predicted molar refractivity (Wildman–Crippen MR) is 59.9 cm³/mol. The van der Waals surface area contributed by atoms with E-state index in [0.29, 0.717) is 6.61 Å². The molecule has 0 spiro atoms. The lowest BCUT2D eigenvalue weighted by molar-refractivity contribution is -0.143. The highest BCUT2D eigenvalue weighted by Gasteiger charge is 2.19. The molecule has 1 atom stereocenters. The number of ether oxygens (including phenoxy) is 1. The molecule has 1 rings (SSSR count). The van der Waals surface area contributed by atoms with Crippen LogP contribution < -0.4 is 10.6 Å². The third kappa shape index (κ3) is 4.61. The summed E-state index contributed by atoms with van der Waals surface area (Å²) in [7, 11) is 0. The average molecular weight is 228 g/mol. The Bertz CT molecular complexity index is 235. The second kappa shape index (κ2) is 7.22. The minimum absolute atomic E-state index is 0.0369. The maximum absolute atomic E-state index is 11.7. The molecule has 1 aliphatic rings. The number of esters is 1. The topological polar surface area (TPSA) is 67.4 Å². The average Bonchev–Trinajstić information content (AvgIpc) is 2.55. The third-order valence-corrected chi connectivity index (χ3v) is 2.59. The second-order valence-electron chi connectivity index (χ2n) is 3.88. The minimum atomic E-state index is -0.385. The molecule has 0 radical (unpaired) electrons. The van der Waals surface area contributed by atoms with Crippen molar-refractivity contribution in [3.8, 4) is 0 Å². The summed E-state index contributed by atoms with van der Waals surface area (Å²) < 4.78 is 4.73. The summed E-state index contributed by atoms with van der Waals surface area (Å²) in [6, 6.07) is -0.156. The molecule has 1 saturated heterocycles. The van der Waals surface area contributed by atoms with Gasteiger partial charge in [-0.2, -0.15) is 0 Å². The maximum Gasteiger partial charge on any atom is 0.325 e. The molecule has 0 aromatic rings. The fourth-order valence-corrected chi connectivity index (χ4v) is 1.75. The zero-order valence-corrected chi connectivity index (χ0v) is 9.75. The molecular weight excluding hydrogens is 208 g/mol. The molecular formula is C11H20N2O3. The van der Waals surface area contributed by atoms with Crippen molar-refractivity contribution in [3.63, 3.8) is 0 Å². The lowest BCUT2D eigenvalue weighted by Crippen LogP contribution is -2.45. The first-order chi connectivity index (χ1) is 7.74. The summed E-state index contributed by atoms with van der Waals surface area (Å²) in [6.45, 7) is 2.92. The van der Waals surface area contributed by atoms with Crippen molar-refractivity contribution in [1.82, 2.24) is 10.6 Å². The molecule has 1 heterocycles. The van der Waals surface area contributed by atoms with E-state index in [1.807, 2.05) is 0 Å². The Hall–Kier alpha value is -1.10. The summed E-state index contributed by atoms with van der Waals surface area (Å²) in [5.74, 6) is -0.487. The van der Waals surface area contributed by atoms with Gasteiger partial charge >= 0.3 is 5.97 Å². The first kappa shape index (κ1) is 13.0. The van der Waals surface area contributed by atoms with E-state index >= 15 is 0 Å². The Balaban J connectivity index is 2.25. The first-order valence-electron chi connectivity index (χ1n) is 5.90. The number of rotatable bonds is 4. The van der Waals surface area contributed by atoms with Crippen LogP contribution in [0.5, 0.6) is 0 Å². The molecule has 0 aromatic carbocycles. The van der Waals surface area contributed by atoms with Gasteiger partial charge in [0.25, 0.3) is 0 Å². The highest BCUT2D eigenvalue weighted by atomic mass is 16.5. The van der Waals surface area contributed by atoms with E-state index < -0.39 is 0 Å². The number of carbonyl (C=O) groups is 2. The number of hydrogen-bond donors (Lipinski definition) is 2. The molecule has 5 heteroatoms. The molecule has 0 aromatic heterocycles. The zero-order chi connectivity index (χ0) is 11.8. The van der Waals surface area contributed by atoms with Gasteiger partial charge in [-0.15, -0.1) is 0 Å². The highest BCUT2D eigenvalue weighted by Crippen LogP contribution is 2.08. The van der Waals surface area contributed by atoms with Crippen LogP contribution >= 0.6 is 0 Å². The van der Waals surface area contributed by atoms with E-state index in [2.05, 4.69) is 10.6 Å². The van der Waals surface area contributed by atoms with Gasteiger partial charge in [0, 0.05) is 0 Å². The summed E-state index contributed by atoms with van der Waals surface area (Å²) in [5.41, 5.74) is 0. The van der Waals surface area contributed by atoms with Crippen LogP contribution in [0.25, 0.3) is 0 Å². The van der Waals surface area contributed by atoms with Gasteiger partial charge < -0.3 is 15.4 Å². The van der Waals surface area contributed by atoms with Crippen LogP contribution in [0.2, 0.25) is 0 Å². The second-order valence-corrected chi connectivity index (χ2v) is 3.88. The predicted octanol–water partition coefficient (Wildman–Crippen LogP) is 0.198. The van der Waals surface area contributed by atoms with Crippen molar-refractivity contribution in [2.45, 2.75) is 38.6 Å². The summed E-state index contributed by atoms with van der Waals surface area (Å²) >= 11 is 0. The van der Waals surface area contributed by atoms with E-state index in [1.165, 1.54) is 0 Å². The zero-order valence-electron chi connectivity index (χ0n) is 9.75. The largest absolute Gasteiger partial charge is 0.465 e. The fraction of sp³-hybridized carbons (Fsp3) is 0.818. The Morgan fingerprint density at radius 3 is 2.94 bits per heavy atom. The Morgan fingerprint density at radius 2 is 2.19 bits per heavy atom. The van der Waals surface area contributed by atoms with E-state index in [-0.39, 0.29) is 24.5 Å². The van der Waals surface area contributed by atoms with Crippen LogP contribution in [0, 0.1) is 0 Å². The summed E-state index contributed by atoms with van der Waals surface area (Å²) in [6.07, 6.45) is 4.18. The van der Waals surface area contributed by atoms with Crippen LogP contribution in [0.15, 0.2) is 0 Å². The molecule has 5 nitrogen and oxygen atoms in total. The third-order valence-electron chi connectivity index (χ3n) is 2.59. The molecule has 1 unspecified atom stereocenters. The van der Waals surface area contributed by atoms with Gasteiger partial charge in [0.15, 0.2) is 0 Å². The van der Waals surface area contributed by atoms with Crippen LogP contribution in [0.1, 0.15) is 32.6 Å². The fourth-order valence-electron chi connectivity index (χ4n) is 1.75. The lowest BCUT2D eigenvalue weighted by Gasteiger charge is -2.14. The van der Waals surface area contributed by atoms with Gasteiger partial charge in [0.1, 0.15) is 6.54 Å². The van der Waals surface area contributed by atoms with Crippen LogP contribution in [0.3, 0.4) is 0 Å². The van der Waals surface area contributed by atoms with Crippen molar-refractivity contribution >= 4 is 11.9 Å². The van der Waals surface area contributed by atoms with Gasteiger partial charge in [-0.3, -0.25) is 9.59 Å². The van der Waals surface area contributed by atoms with Crippen LogP contribution in [-0.2, 0) is 14.3 Å². The maximum atomic E-state index is 11.7. The van der Waals surface area contributed by atoms with Crippen LogP contribution in [0.4, 0.5) is 0 Å². The SMILES string of the molecule is CCOC(=O)CNC(=O)C1CCCCCN1. The van der Waals surface area contributed by atoms with Crippen molar-refractivity contribution in [2.24, 2.45) is 0 Å². The van der Waals surface area contributed by atoms with Crippen molar-refractivity contribution in [3.05, 3.63) is 0 Å². The molecule has 1 aliphatic heterocycles. The van der Waals surface area contributed by atoms with Gasteiger partial charge in [-0.25, -0.2) is 0 Å². The number of nitrogens with one attached hydrogen (secondary N) is 2. The first-order valence-corrected chi connectivity index (χ1v) is 5.90. The molecule has 0 saturated carbocycles. The number of amides is 1. The normalized spacial score (nSPS) is 20.9. The van der Waals surface area contributed by atoms with Crippen molar-refractivity contribution in [2.75, 3.05) is 19.7 Å². The van der Waals surface area contributed by atoms with Crippen LogP contribution in [-0.4, -0.2) is 37.6 Å². The summed E-state index contributed by atoms with van der Waals surface area (Å²) in [5, 5.41) is 5.76. The quantitative estimate of drug-likeness (QED) is 0.674. The monoisotopic (exact) mass is 228 g/mol. The van der Waals surface area contributed by atoms with Gasteiger partial charge in [-0.1, -0.05) is 12.8 Å². The van der Waals surface area contributed by atoms with E-state index in [0.717, 1.165) is 32.2 Å². The molecule has 2 N–H and O–H groups in total. The summed E-state index contributed by atoms with van der Waals surface area (Å²) in [4.78, 5) is 22.7. The van der Waals surface area contributed by atoms with Gasteiger partial charge in [0.2, 0.25) is 5.91 Å². The van der Waals surface area contributed by atoms with E-state index in [1.54, 1.807) is 6.92 Å². The molecule has 16 heavy (non-hydrogen) atoms. The van der Waals surface area contributed by atoms with Gasteiger partial charge in [0.05, 0.1) is 12.6 Å². The van der Waals surface area contributed by atoms with E-state index in [4.69, 9.17) is 4.74 Å². The van der Waals surface area contributed by atoms with Gasteiger partial charge in [-0.05, 0) is 26.3 Å². The molecule has 92 valence electrons.